The molecule has 1 aromatic rings. The lowest BCUT2D eigenvalue weighted by Crippen LogP contribution is -2.04. The fourth-order valence-corrected chi connectivity index (χ4v) is 3.56. The highest BCUT2D eigenvalue weighted by Gasteiger charge is 2.14. The summed E-state index contributed by atoms with van der Waals surface area (Å²) in [5.41, 5.74) is 0.806. The number of carboxylic acid groups (broad SMARTS) is 1. The largest absolute Gasteiger partial charge is 0.493 e. The van der Waals surface area contributed by atoms with Crippen LogP contribution < -0.4 is 4.74 Å². The van der Waals surface area contributed by atoms with Crippen LogP contribution in [0.5, 0.6) is 5.75 Å². The van der Waals surface area contributed by atoms with Gasteiger partial charge in [0.1, 0.15) is 5.75 Å². The summed E-state index contributed by atoms with van der Waals surface area (Å²) in [6.07, 6.45) is 5.68. The van der Waals surface area contributed by atoms with Gasteiger partial charge in [0, 0.05) is 5.75 Å². The number of carbonyl (C=O) groups is 1. The van der Waals surface area contributed by atoms with E-state index in [1.807, 2.05) is 36.0 Å². The minimum atomic E-state index is -0.804. The van der Waals surface area contributed by atoms with Crippen LogP contribution in [0.3, 0.4) is 0 Å². The highest BCUT2D eigenvalue weighted by molar-refractivity contribution is 7.99. The Morgan fingerprint density at radius 2 is 1.95 bits per heavy atom. The molecule has 1 aliphatic carbocycles. The fourth-order valence-electron chi connectivity index (χ4n) is 2.52. The van der Waals surface area contributed by atoms with Crippen molar-refractivity contribution < 1.29 is 14.6 Å². The Kier molecular flexibility index (Phi) is 6.25. The summed E-state index contributed by atoms with van der Waals surface area (Å²) < 4.78 is 5.66. The Hall–Kier alpha value is -1.16. The fraction of sp³-hybridized carbons (Fsp3) is 0.562. The van der Waals surface area contributed by atoms with Crippen molar-refractivity contribution in [1.82, 2.24) is 0 Å². The average molecular weight is 294 g/mol. The number of rotatable bonds is 8. The predicted octanol–water partition coefficient (Wildman–Crippen LogP) is 3.62. The molecular formula is C16H22O3S. The van der Waals surface area contributed by atoms with Gasteiger partial charge in [-0.3, -0.25) is 4.79 Å². The monoisotopic (exact) mass is 294 g/mol. The summed E-state index contributed by atoms with van der Waals surface area (Å²) >= 11 is 1.98. The molecule has 1 saturated carbocycles. The lowest BCUT2D eigenvalue weighted by molar-refractivity contribution is -0.136. The Labute approximate surface area is 124 Å². The summed E-state index contributed by atoms with van der Waals surface area (Å²) in [5, 5.41) is 8.69. The van der Waals surface area contributed by atoms with Gasteiger partial charge < -0.3 is 9.84 Å². The van der Waals surface area contributed by atoms with E-state index in [0.717, 1.165) is 29.6 Å². The smallest absolute Gasteiger partial charge is 0.307 e. The lowest BCUT2D eigenvalue weighted by atomic mass is 10.1. The number of hydrogen-bond acceptors (Lipinski definition) is 3. The highest BCUT2D eigenvalue weighted by Crippen LogP contribution is 2.27. The van der Waals surface area contributed by atoms with E-state index in [0.29, 0.717) is 0 Å². The van der Waals surface area contributed by atoms with Crippen LogP contribution in [0.1, 0.15) is 31.2 Å². The molecule has 1 aromatic carbocycles. The molecule has 0 unspecified atom stereocenters. The number of ether oxygens (including phenoxy) is 1. The van der Waals surface area contributed by atoms with Gasteiger partial charge >= 0.3 is 5.97 Å². The van der Waals surface area contributed by atoms with E-state index in [4.69, 9.17) is 9.84 Å². The van der Waals surface area contributed by atoms with Gasteiger partial charge in [-0.15, -0.1) is 0 Å². The summed E-state index contributed by atoms with van der Waals surface area (Å²) in [6.45, 7) is 0.718. The molecule has 0 aliphatic heterocycles. The van der Waals surface area contributed by atoms with Crippen LogP contribution in [0.25, 0.3) is 0 Å². The third-order valence-electron chi connectivity index (χ3n) is 3.60. The minimum absolute atomic E-state index is 0.0670. The topological polar surface area (TPSA) is 46.5 Å². The van der Waals surface area contributed by atoms with E-state index in [1.165, 1.54) is 31.4 Å². The van der Waals surface area contributed by atoms with Crippen LogP contribution in [0.15, 0.2) is 24.3 Å². The molecule has 0 spiro atoms. The van der Waals surface area contributed by atoms with Gasteiger partial charge in [-0.2, -0.15) is 11.8 Å². The van der Waals surface area contributed by atoms with Crippen molar-refractivity contribution in [2.75, 3.05) is 18.1 Å². The van der Waals surface area contributed by atoms with Crippen LogP contribution in [0, 0.1) is 5.92 Å². The van der Waals surface area contributed by atoms with Gasteiger partial charge in [-0.1, -0.05) is 25.0 Å². The first-order valence-electron chi connectivity index (χ1n) is 7.25. The van der Waals surface area contributed by atoms with E-state index < -0.39 is 5.97 Å². The van der Waals surface area contributed by atoms with Crippen molar-refractivity contribution in [3.05, 3.63) is 29.8 Å². The molecular weight excluding hydrogens is 272 g/mol. The standard InChI is InChI=1S/C16H22O3S/c17-16(18)11-13-5-7-15(8-6-13)19-9-10-20-12-14-3-1-2-4-14/h5-8,14H,1-4,9-12H2,(H,17,18). The van der Waals surface area contributed by atoms with E-state index in [9.17, 15) is 4.79 Å². The molecule has 0 aromatic heterocycles. The Bertz CT molecular complexity index is 410. The molecule has 0 atom stereocenters. The van der Waals surface area contributed by atoms with E-state index in [-0.39, 0.29) is 6.42 Å². The Morgan fingerprint density at radius 3 is 2.60 bits per heavy atom. The Morgan fingerprint density at radius 1 is 1.25 bits per heavy atom. The molecule has 4 heteroatoms. The lowest BCUT2D eigenvalue weighted by Gasteiger charge is -2.09. The molecule has 0 radical (unpaired) electrons. The number of thioether (sulfide) groups is 1. The molecule has 1 aliphatic rings. The zero-order valence-corrected chi connectivity index (χ0v) is 12.5. The molecule has 0 saturated heterocycles. The molecule has 3 nitrogen and oxygen atoms in total. The van der Waals surface area contributed by atoms with Gasteiger partial charge in [0.05, 0.1) is 13.0 Å². The summed E-state index contributed by atoms with van der Waals surface area (Å²) in [4.78, 5) is 10.6. The maximum absolute atomic E-state index is 10.6. The zero-order chi connectivity index (χ0) is 14.2. The maximum Gasteiger partial charge on any atom is 0.307 e. The number of benzene rings is 1. The first kappa shape index (κ1) is 15.2. The summed E-state index contributed by atoms with van der Waals surface area (Å²) in [7, 11) is 0. The van der Waals surface area contributed by atoms with Crippen molar-refractivity contribution in [2.45, 2.75) is 32.1 Å². The van der Waals surface area contributed by atoms with Crippen molar-refractivity contribution in [1.29, 1.82) is 0 Å². The second-order valence-corrected chi connectivity index (χ2v) is 6.44. The van der Waals surface area contributed by atoms with Crippen LogP contribution >= 0.6 is 11.8 Å². The molecule has 110 valence electrons. The zero-order valence-electron chi connectivity index (χ0n) is 11.7. The van der Waals surface area contributed by atoms with E-state index >= 15 is 0 Å². The van der Waals surface area contributed by atoms with Crippen molar-refractivity contribution in [2.24, 2.45) is 5.92 Å². The third kappa shape index (κ3) is 5.45. The normalized spacial score (nSPS) is 15.4. The van der Waals surface area contributed by atoms with E-state index in [2.05, 4.69) is 0 Å². The minimum Gasteiger partial charge on any atom is -0.493 e. The molecule has 1 fully saturated rings. The van der Waals surface area contributed by atoms with Crippen molar-refractivity contribution in [3.8, 4) is 5.75 Å². The number of carboxylic acids is 1. The second kappa shape index (κ2) is 8.20. The first-order chi connectivity index (χ1) is 9.74. The van der Waals surface area contributed by atoms with Gasteiger partial charge in [0.25, 0.3) is 0 Å². The molecule has 2 rings (SSSR count). The average Bonchev–Trinajstić information content (AvgIpc) is 2.93. The predicted molar refractivity (Wildman–Crippen MR) is 82.6 cm³/mol. The summed E-state index contributed by atoms with van der Waals surface area (Å²) in [5.74, 6) is 3.23. The SMILES string of the molecule is O=C(O)Cc1ccc(OCCSCC2CCCC2)cc1. The van der Waals surface area contributed by atoms with Crippen LogP contribution in [0.4, 0.5) is 0 Å². The Balaban J connectivity index is 1.60. The molecule has 0 amide bonds. The summed E-state index contributed by atoms with van der Waals surface area (Å²) in [6, 6.07) is 7.32. The first-order valence-corrected chi connectivity index (χ1v) is 8.41. The maximum atomic E-state index is 10.6. The molecule has 0 heterocycles. The quantitative estimate of drug-likeness (QED) is 0.744. The highest BCUT2D eigenvalue weighted by atomic mass is 32.2. The van der Waals surface area contributed by atoms with Gasteiger partial charge in [-0.05, 0) is 42.2 Å². The van der Waals surface area contributed by atoms with Gasteiger partial charge in [0.15, 0.2) is 0 Å². The third-order valence-corrected chi connectivity index (χ3v) is 4.77. The molecule has 1 N–H and O–H groups in total. The number of hydrogen-bond donors (Lipinski definition) is 1. The second-order valence-electron chi connectivity index (χ2n) is 5.29. The van der Waals surface area contributed by atoms with E-state index in [1.54, 1.807) is 0 Å². The number of aliphatic carboxylic acids is 1. The van der Waals surface area contributed by atoms with Crippen LogP contribution in [-0.4, -0.2) is 29.2 Å². The molecule has 0 bridgehead atoms. The van der Waals surface area contributed by atoms with Gasteiger partial charge in [-0.25, -0.2) is 0 Å². The van der Waals surface area contributed by atoms with Crippen molar-refractivity contribution in [3.63, 3.8) is 0 Å². The molecule has 20 heavy (non-hydrogen) atoms. The van der Waals surface area contributed by atoms with Crippen LogP contribution in [-0.2, 0) is 11.2 Å². The van der Waals surface area contributed by atoms with Crippen LogP contribution in [0.2, 0.25) is 0 Å². The van der Waals surface area contributed by atoms with Gasteiger partial charge in [0.2, 0.25) is 0 Å². The van der Waals surface area contributed by atoms with Crippen molar-refractivity contribution >= 4 is 17.7 Å².